The topological polar surface area (TPSA) is 0 Å². The van der Waals surface area contributed by atoms with E-state index in [1.54, 1.807) is 0 Å². The van der Waals surface area contributed by atoms with Gasteiger partial charge >= 0.3 is 0 Å². The van der Waals surface area contributed by atoms with Crippen molar-refractivity contribution in [3.63, 3.8) is 0 Å². The number of hydrogen-bond acceptors (Lipinski definition) is 0. The van der Waals surface area contributed by atoms with Crippen LogP contribution in [0.2, 0.25) is 0 Å². The van der Waals surface area contributed by atoms with Gasteiger partial charge < -0.3 is 17.0 Å². The summed E-state index contributed by atoms with van der Waals surface area (Å²) in [7, 11) is 0. The maximum atomic E-state index is 2.35. The summed E-state index contributed by atoms with van der Waals surface area (Å²) in [5.74, 6) is 0. The Bertz CT molecular complexity index is 469. The average molecular weight is 497 g/mol. The standard InChI is InChI=1S/C29H54N.BrH/c1-4-7-8-9-10-11-12-13-14-15-16-17-18-19-20-21-25-28-30(5-2,6-3)29-26-23-22-24-27-29;/h22-24,26-27H,4-21,25,28H2,1-3H3;1H/q+1;/p-1. The van der Waals surface area contributed by atoms with Crippen LogP contribution in [0.1, 0.15) is 130 Å². The van der Waals surface area contributed by atoms with Crippen molar-refractivity contribution in [2.75, 3.05) is 19.6 Å². The van der Waals surface area contributed by atoms with Gasteiger partial charge in [0.15, 0.2) is 0 Å². The van der Waals surface area contributed by atoms with Gasteiger partial charge in [-0.05, 0) is 38.8 Å². The molecule has 0 radical (unpaired) electrons. The lowest BCUT2D eigenvalue weighted by Gasteiger charge is -2.36. The van der Waals surface area contributed by atoms with Gasteiger partial charge in [-0.2, -0.15) is 0 Å². The second-order valence-corrected chi connectivity index (χ2v) is 9.49. The molecule has 182 valence electrons. The summed E-state index contributed by atoms with van der Waals surface area (Å²) in [5, 5.41) is 0. The zero-order chi connectivity index (χ0) is 21.8. The van der Waals surface area contributed by atoms with Crippen LogP contribution in [-0.2, 0) is 0 Å². The molecular formula is C29H54BrN. The van der Waals surface area contributed by atoms with Crippen LogP contribution in [0.25, 0.3) is 0 Å². The molecule has 0 atom stereocenters. The molecule has 0 saturated carbocycles. The fraction of sp³-hybridized carbons (Fsp3) is 0.793. The van der Waals surface area contributed by atoms with Gasteiger partial charge in [0, 0.05) is 0 Å². The summed E-state index contributed by atoms with van der Waals surface area (Å²) >= 11 is 0. The van der Waals surface area contributed by atoms with E-state index in [0.717, 1.165) is 4.48 Å². The van der Waals surface area contributed by atoms with Crippen LogP contribution in [0.3, 0.4) is 0 Å². The second-order valence-electron chi connectivity index (χ2n) is 9.49. The predicted octanol–water partition coefficient (Wildman–Crippen LogP) is 6.69. The summed E-state index contributed by atoms with van der Waals surface area (Å²) in [6, 6.07) is 11.2. The second kappa shape index (κ2) is 21.5. The number of unbranched alkanes of at least 4 members (excludes halogenated alkanes) is 16. The van der Waals surface area contributed by atoms with Crippen molar-refractivity contribution in [1.82, 2.24) is 4.48 Å². The van der Waals surface area contributed by atoms with Crippen molar-refractivity contribution in [2.45, 2.75) is 130 Å². The molecule has 0 amide bonds. The fourth-order valence-electron chi connectivity index (χ4n) is 4.92. The summed E-state index contributed by atoms with van der Waals surface area (Å²) in [6.45, 7) is 10.7. The van der Waals surface area contributed by atoms with Gasteiger partial charge in [0.1, 0.15) is 5.69 Å². The highest BCUT2D eigenvalue weighted by Gasteiger charge is 2.25. The highest BCUT2D eigenvalue weighted by molar-refractivity contribution is 5.42. The zero-order valence-electron chi connectivity index (χ0n) is 21.4. The van der Waals surface area contributed by atoms with Crippen LogP contribution in [-0.4, -0.2) is 19.6 Å². The monoisotopic (exact) mass is 495 g/mol. The van der Waals surface area contributed by atoms with Gasteiger partial charge in [0.05, 0.1) is 19.6 Å². The molecule has 0 aliphatic carbocycles. The molecule has 1 rings (SSSR count). The number of quaternary nitrogens is 1. The van der Waals surface area contributed by atoms with Crippen LogP contribution in [0.5, 0.6) is 0 Å². The third-order valence-electron chi connectivity index (χ3n) is 7.20. The molecule has 0 N–H and O–H groups in total. The molecule has 1 nitrogen and oxygen atoms in total. The van der Waals surface area contributed by atoms with Gasteiger partial charge in [-0.25, -0.2) is 0 Å². The Kier molecular flexibility index (Phi) is 21.3. The van der Waals surface area contributed by atoms with Gasteiger partial charge in [-0.15, -0.1) is 0 Å². The predicted molar refractivity (Wildman–Crippen MR) is 138 cm³/mol. The fourth-order valence-corrected chi connectivity index (χ4v) is 4.92. The molecule has 0 aromatic heterocycles. The third kappa shape index (κ3) is 14.4. The summed E-state index contributed by atoms with van der Waals surface area (Å²) in [6.07, 6.45) is 24.6. The van der Waals surface area contributed by atoms with E-state index in [2.05, 4.69) is 51.1 Å². The highest BCUT2D eigenvalue weighted by atomic mass is 79.9. The van der Waals surface area contributed by atoms with Crippen molar-refractivity contribution in [1.29, 1.82) is 0 Å². The average Bonchev–Trinajstić information content (AvgIpc) is 2.79. The highest BCUT2D eigenvalue weighted by Crippen LogP contribution is 2.24. The van der Waals surface area contributed by atoms with Crippen LogP contribution >= 0.6 is 0 Å². The molecule has 0 saturated heterocycles. The van der Waals surface area contributed by atoms with Crippen molar-refractivity contribution >= 4 is 5.69 Å². The van der Waals surface area contributed by atoms with Crippen LogP contribution < -0.4 is 21.5 Å². The van der Waals surface area contributed by atoms with E-state index in [1.165, 1.54) is 134 Å². The van der Waals surface area contributed by atoms with Crippen LogP contribution in [0, 0.1) is 0 Å². The van der Waals surface area contributed by atoms with Gasteiger partial charge in [-0.1, -0.05) is 121 Å². The maximum Gasteiger partial charge on any atom is 0.132 e. The van der Waals surface area contributed by atoms with Crippen LogP contribution in [0.4, 0.5) is 5.69 Å². The van der Waals surface area contributed by atoms with E-state index in [0.29, 0.717) is 0 Å². The molecule has 0 aliphatic heterocycles. The Morgan fingerprint density at radius 2 is 0.839 bits per heavy atom. The number of nitrogens with zero attached hydrogens (tertiary/aromatic N) is 1. The van der Waals surface area contributed by atoms with Crippen molar-refractivity contribution in [3.8, 4) is 0 Å². The molecule has 0 unspecified atom stereocenters. The molecule has 1 aromatic rings. The first-order chi connectivity index (χ1) is 14.8. The number of para-hydroxylation sites is 1. The Hall–Kier alpha value is -0.340. The third-order valence-corrected chi connectivity index (χ3v) is 7.20. The smallest absolute Gasteiger partial charge is 0.132 e. The van der Waals surface area contributed by atoms with Crippen molar-refractivity contribution in [2.24, 2.45) is 0 Å². The summed E-state index contributed by atoms with van der Waals surface area (Å²) in [4.78, 5) is 0. The molecule has 0 heterocycles. The lowest BCUT2D eigenvalue weighted by atomic mass is 10.0. The SMILES string of the molecule is CCCCCCCCCCCCCCCCCCC[N+](CC)(CC)c1ccccc1.[Br-]. The van der Waals surface area contributed by atoms with E-state index < -0.39 is 0 Å². The quantitative estimate of drug-likeness (QED) is 0.131. The lowest BCUT2D eigenvalue weighted by molar-refractivity contribution is -0.00000659. The first-order valence-electron chi connectivity index (χ1n) is 13.7. The Balaban J connectivity index is 0.00000900. The van der Waals surface area contributed by atoms with Crippen molar-refractivity contribution < 1.29 is 17.0 Å². The molecule has 0 bridgehead atoms. The zero-order valence-corrected chi connectivity index (χ0v) is 22.9. The number of benzene rings is 1. The van der Waals surface area contributed by atoms with Gasteiger partial charge in [-0.3, -0.25) is 4.48 Å². The van der Waals surface area contributed by atoms with Gasteiger partial charge in [0.2, 0.25) is 0 Å². The number of halogens is 1. The van der Waals surface area contributed by atoms with E-state index in [-0.39, 0.29) is 17.0 Å². The van der Waals surface area contributed by atoms with E-state index >= 15 is 0 Å². The summed E-state index contributed by atoms with van der Waals surface area (Å²) < 4.78 is 1.15. The molecule has 2 heteroatoms. The minimum atomic E-state index is 0. The lowest BCUT2D eigenvalue weighted by Crippen LogP contribution is -3.00. The van der Waals surface area contributed by atoms with E-state index in [1.807, 2.05) is 0 Å². The molecule has 0 spiro atoms. The molecule has 31 heavy (non-hydrogen) atoms. The Labute approximate surface area is 206 Å². The van der Waals surface area contributed by atoms with Crippen molar-refractivity contribution in [3.05, 3.63) is 30.3 Å². The maximum absolute atomic E-state index is 2.35. The Morgan fingerprint density at radius 3 is 1.19 bits per heavy atom. The summed E-state index contributed by atoms with van der Waals surface area (Å²) in [5.41, 5.74) is 1.50. The minimum Gasteiger partial charge on any atom is -1.00 e. The Morgan fingerprint density at radius 1 is 0.484 bits per heavy atom. The van der Waals surface area contributed by atoms with Gasteiger partial charge in [0.25, 0.3) is 0 Å². The largest absolute Gasteiger partial charge is 1.00 e. The first-order valence-corrected chi connectivity index (χ1v) is 13.7. The molecular weight excluding hydrogens is 442 g/mol. The minimum absolute atomic E-state index is 0. The first kappa shape index (κ1) is 30.7. The molecule has 0 fully saturated rings. The molecule has 1 aromatic carbocycles. The van der Waals surface area contributed by atoms with E-state index in [9.17, 15) is 0 Å². The van der Waals surface area contributed by atoms with Crippen LogP contribution in [0.15, 0.2) is 30.3 Å². The van der Waals surface area contributed by atoms with E-state index in [4.69, 9.17) is 0 Å². The number of hydrogen-bond donors (Lipinski definition) is 0. The number of rotatable bonds is 21. The molecule has 0 aliphatic rings. The normalized spacial score (nSPS) is 11.5.